The first-order valence-corrected chi connectivity index (χ1v) is 8.66. The van der Waals surface area contributed by atoms with E-state index in [1.165, 1.54) is 54.6 Å². The van der Waals surface area contributed by atoms with Crippen molar-refractivity contribution in [2.24, 2.45) is 0 Å². The molecule has 0 bridgehead atoms. The summed E-state index contributed by atoms with van der Waals surface area (Å²) in [7, 11) is 0. The minimum atomic E-state index is 1.03. The first-order chi connectivity index (χ1) is 11.9. The molecule has 24 heavy (non-hydrogen) atoms. The van der Waals surface area contributed by atoms with Gasteiger partial charge in [0.15, 0.2) is 0 Å². The number of hydrogen-bond acceptors (Lipinski definition) is 0. The van der Waals surface area contributed by atoms with Gasteiger partial charge in [-0.2, -0.15) is 0 Å². The van der Waals surface area contributed by atoms with Crippen molar-refractivity contribution in [2.75, 3.05) is 0 Å². The van der Waals surface area contributed by atoms with E-state index < -0.39 is 0 Å². The van der Waals surface area contributed by atoms with E-state index in [4.69, 9.17) is 0 Å². The molecule has 0 aliphatic heterocycles. The van der Waals surface area contributed by atoms with Gasteiger partial charge in [0.1, 0.15) is 0 Å². The predicted molar refractivity (Wildman–Crippen MR) is 104 cm³/mol. The van der Waals surface area contributed by atoms with Gasteiger partial charge in [-0.1, -0.05) is 60.7 Å². The van der Waals surface area contributed by atoms with Gasteiger partial charge in [0.2, 0.25) is 0 Å². The van der Waals surface area contributed by atoms with Crippen molar-refractivity contribution in [2.45, 2.75) is 12.8 Å². The first-order valence-electron chi connectivity index (χ1n) is 8.66. The molecule has 0 saturated heterocycles. The number of hydrogen-bond donors (Lipinski definition) is 0. The molecule has 6 rings (SSSR count). The predicted octanol–water partition coefficient (Wildman–Crippen LogP) is 6.28. The molecule has 112 valence electrons. The van der Waals surface area contributed by atoms with Gasteiger partial charge in [-0.25, -0.2) is 0 Å². The zero-order valence-corrected chi connectivity index (χ0v) is 13.3. The minimum absolute atomic E-state index is 1.03. The second-order valence-corrected chi connectivity index (χ2v) is 6.92. The largest absolute Gasteiger partial charge is 0.0795 e. The van der Waals surface area contributed by atoms with Crippen molar-refractivity contribution in [3.05, 3.63) is 82.9 Å². The number of rotatable bonds is 0. The van der Waals surface area contributed by atoms with Crippen LogP contribution in [0.25, 0.3) is 44.5 Å². The fourth-order valence-electron chi connectivity index (χ4n) is 4.68. The highest BCUT2D eigenvalue weighted by Gasteiger charge is 2.18. The lowest BCUT2D eigenvalue weighted by Gasteiger charge is -2.21. The summed E-state index contributed by atoms with van der Waals surface area (Å²) in [4.78, 5) is 0. The molecule has 0 saturated carbocycles. The molecule has 0 radical (unpaired) electrons. The van der Waals surface area contributed by atoms with Crippen LogP contribution in [0.15, 0.2) is 60.7 Å². The summed E-state index contributed by atoms with van der Waals surface area (Å²) >= 11 is 0. The van der Waals surface area contributed by atoms with E-state index in [1.807, 2.05) is 0 Å². The number of allylic oxidation sites excluding steroid dienone is 2. The van der Waals surface area contributed by atoms with E-state index in [9.17, 15) is 0 Å². The Hall–Kier alpha value is -2.86. The Bertz CT molecular complexity index is 1240. The van der Waals surface area contributed by atoms with E-state index in [1.54, 1.807) is 0 Å². The van der Waals surface area contributed by atoms with E-state index in [-0.39, 0.29) is 0 Å². The Balaban J connectivity index is 1.94. The molecule has 4 aromatic carbocycles. The molecule has 0 fully saturated rings. The van der Waals surface area contributed by atoms with Crippen LogP contribution in [0.4, 0.5) is 0 Å². The second-order valence-electron chi connectivity index (χ2n) is 6.92. The monoisotopic (exact) mass is 304 g/mol. The van der Waals surface area contributed by atoms with Gasteiger partial charge in [0.25, 0.3) is 0 Å². The molecule has 0 aromatic heterocycles. The standard InChI is InChI=1S/C24H16/c1-5-15-7-3-11-20-22(15)17(9-1)13-19-14-18-10-2-6-16-8-4-12-21(23(16)18)24(19)20/h1-7,9-10,12-14H,8,11H2. The van der Waals surface area contributed by atoms with Gasteiger partial charge in [0.05, 0.1) is 0 Å². The molecule has 4 aromatic rings. The fraction of sp³-hybridized carbons (Fsp3) is 0.0833. The summed E-state index contributed by atoms with van der Waals surface area (Å²) in [5.74, 6) is 0. The molecule has 0 spiro atoms. The van der Waals surface area contributed by atoms with Crippen molar-refractivity contribution < 1.29 is 0 Å². The van der Waals surface area contributed by atoms with Crippen LogP contribution in [-0.4, -0.2) is 0 Å². The van der Waals surface area contributed by atoms with Crippen molar-refractivity contribution in [3.8, 4) is 0 Å². The normalized spacial score (nSPS) is 14.8. The average molecular weight is 304 g/mol. The van der Waals surface area contributed by atoms with Gasteiger partial charge >= 0.3 is 0 Å². The van der Waals surface area contributed by atoms with Gasteiger partial charge in [0, 0.05) is 0 Å². The Labute approximate surface area is 140 Å². The summed E-state index contributed by atoms with van der Waals surface area (Å²) < 4.78 is 0. The molecule has 0 atom stereocenters. The Kier molecular flexibility index (Phi) is 2.28. The Morgan fingerprint density at radius 3 is 2.33 bits per heavy atom. The fourth-order valence-corrected chi connectivity index (χ4v) is 4.68. The van der Waals surface area contributed by atoms with Crippen LogP contribution in [0.3, 0.4) is 0 Å². The maximum atomic E-state index is 2.39. The van der Waals surface area contributed by atoms with Gasteiger partial charge in [-0.05, 0) is 79.5 Å². The lowest BCUT2D eigenvalue weighted by molar-refractivity contribution is 1.29. The van der Waals surface area contributed by atoms with Gasteiger partial charge in [-0.15, -0.1) is 0 Å². The van der Waals surface area contributed by atoms with E-state index in [0.717, 1.165) is 12.8 Å². The molecule has 0 unspecified atom stereocenters. The zero-order valence-electron chi connectivity index (χ0n) is 13.3. The molecule has 0 nitrogen and oxygen atoms in total. The second kappa shape index (κ2) is 4.36. The summed E-state index contributed by atoms with van der Waals surface area (Å²) in [6.45, 7) is 0. The molecule has 0 heterocycles. The lowest BCUT2D eigenvalue weighted by Crippen LogP contribution is -1.99. The van der Waals surface area contributed by atoms with Crippen molar-refractivity contribution in [1.82, 2.24) is 0 Å². The average Bonchev–Trinajstić information content (AvgIpc) is 2.62. The molecule has 2 aliphatic carbocycles. The van der Waals surface area contributed by atoms with Crippen molar-refractivity contribution >= 4 is 44.5 Å². The summed E-state index contributed by atoms with van der Waals surface area (Å²) in [6, 6.07) is 18.2. The maximum absolute atomic E-state index is 2.39. The summed E-state index contributed by atoms with van der Waals surface area (Å²) in [6.07, 6.45) is 11.3. The van der Waals surface area contributed by atoms with Crippen molar-refractivity contribution in [3.63, 3.8) is 0 Å². The van der Waals surface area contributed by atoms with Crippen LogP contribution < -0.4 is 0 Å². The Morgan fingerprint density at radius 2 is 1.42 bits per heavy atom. The third-order valence-corrected chi connectivity index (χ3v) is 5.61. The van der Waals surface area contributed by atoms with Crippen LogP contribution in [0.2, 0.25) is 0 Å². The van der Waals surface area contributed by atoms with Crippen LogP contribution in [0.1, 0.15) is 22.3 Å². The molecule has 0 heteroatoms. The van der Waals surface area contributed by atoms with E-state index in [2.05, 4.69) is 72.8 Å². The number of benzene rings is 4. The van der Waals surface area contributed by atoms with Crippen LogP contribution >= 0.6 is 0 Å². The lowest BCUT2D eigenvalue weighted by atomic mass is 9.83. The van der Waals surface area contributed by atoms with E-state index >= 15 is 0 Å². The third-order valence-electron chi connectivity index (χ3n) is 5.61. The molecule has 0 amide bonds. The van der Waals surface area contributed by atoms with Crippen LogP contribution in [0.5, 0.6) is 0 Å². The SMILES string of the molecule is C1=Cc2c3c(cccc3cc3cc4cccc5c4c(c23)CC=C5)C1. The highest BCUT2D eigenvalue weighted by molar-refractivity contribution is 6.16. The van der Waals surface area contributed by atoms with Crippen molar-refractivity contribution in [1.29, 1.82) is 0 Å². The van der Waals surface area contributed by atoms with Gasteiger partial charge in [-0.3, -0.25) is 0 Å². The van der Waals surface area contributed by atoms with E-state index in [0.29, 0.717) is 0 Å². The maximum Gasteiger partial charge on any atom is -0.00631 e. The minimum Gasteiger partial charge on any atom is -0.0795 e. The first kappa shape index (κ1) is 12.5. The Morgan fingerprint density at radius 1 is 0.625 bits per heavy atom. The quantitative estimate of drug-likeness (QED) is 0.335. The van der Waals surface area contributed by atoms with Crippen LogP contribution in [0, 0.1) is 0 Å². The topological polar surface area (TPSA) is 0 Å². The zero-order chi connectivity index (χ0) is 15.7. The third kappa shape index (κ3) is 1.48. The molecule has 2 aliphatic rings. The smallest absolute Gasteiger partial charge is 0.00631 e. The van der Waals surface area contributed by atoms with Gasteiger partial charge < -0.3 is 0 Å². The molecular formula is C24H16. The highest BCUT2D eigenvalue weighted by Crippen LogP contribution is 2.41. The van der Waals surface area contributed by atoms with Crippen LogP contribution in [-0.2, 0) is 12.8 Å². The highest BCUT2D eigenvalue weighted by atomic mass is 14.2. The summed E-state index contributed by atoms with van der Waals surface area (Å²) in [5, 5.41) is 8.45. The summed E-state index contributed by atoms with van der Waals surface area (Å²) in [5.41, 5.74) is 5.74. The molecule has 0 N–H and O–H groups in total. The molecular weight excluding hydrogens is 288 g/mol. The number of fused-ring (bicyclic) bond motifs is 3.